The fraction of sp³-hybridized carbons (Fsp3) is 0.647. The predicted octanol–water partition coefficient (Wildman–Crippen LogP) is 4.46. The molecule has 1 aromatic carbocycles. The Hall–Kier alpha value is -0.340. The van der Waals surface area contributed by atoms with Crippen LogP contribution in [-0.4, -0.2) is 6.54 Å². The topological polar surface area (TPSA) is 12.0 Å². The van der Waals surface area contributed by atoms with E-state index in [9.17, 15) is 0 Å². The highest BCUT2D eigenvalue weighted by atomic mass is 79.9. The third kappa shape index (κ3) is 2.50. The molecule has 0 aliphatic heterocycles. The molecule has 2 fully saturated rings. The zero-order valence-corrected chi connectivity index (χ0v) is 13.0. The van der Waals surface area contributed by atoms with Crippen LogP contribution < -0.4 is 5.32 Å². The van der Waals surface area contributed by atoms with Gasteiger partial charge in [0, 0.05) is 10.5 Å². The van der Waals surface area contributed by atoms with Gasteiger partial charge in [0.05, 0.1) is 0 Å². The van der Waals surface area contributed by atoms with Crippen LogP contribution >= 0.6 is 15.9 Å². The summed E-state index contributed by atoms with van der Waals surface area (Å²) in [5.74, 6) is 3.10. The quantitative estimate of drug-likeness (QED) is 0.844. The summed E-state index contributed by atoms with van der Waals surface area (Å²) in [6.07, 6.45) is 8.49. The summed E-state index contributed by atoms with van der Waals surface area (Å²) in [5.41, 5.74) is 3.08. The first kappa shape index (κ1) is 12.4. The molecule has 1 atom stereocenters. The Bertz CT molecular complexity index is 464. The zero-order chi connectivity index (χ0) is 12.8. The summed E-state index contributed by atoms with van der Waals surface area (Å²) in [7, 11) is 0. The monoisotopic (exact) mass is 319 g/mol. The molecule has 3 aliphatic rings. The molecular formula is C17H22BrN. The van der Waals surface area contributed by atoms with Crippen LogP contribution in [0.25, 0.3) is 0 Å². The van der Waals surface area contributed by atoms with Gasteiger partial charge in [0.15, 0.2) is 0 Å². The number of rotatable bonds is 5. The van der Waals surface area contributed by atoms with Gasteiger partial charge in [0.25, 0.3) is 0 Å². The normalized spacial score (nSPS) is 25.9. The molecule has 1 unspecified atom stereocenters. The fourth-order valence-corrected chi connectivity index (χ4v) is 4.45. The lowest BCUT2D eigenvalue weighted by Crippen LogP contribution is -2.28. The van der Waals surface area contributed by atoms with Gasteiger partial charge in [0.1, 0.15) is 0 Å². The molecule has 1 nitrogen and oxygen atoms in total. The van der Waals surface area contributed by atoms with Crippen molar-refractivity contribution in [3.05, 3.63) is 33.8 Å². The predicted molar refractivity (Wildman–Crippen MR) is 82.1 cm³/mol. The molecule has 0 heterocycles. The van der Waals surface area contributed by atoms with Gasteiger partial charge in [-0.05, 0) is 80.0 Å². The van der Waals surface area contributed by atoms with E-state index in [1.165, 1.54) is 55.1 Å². The van der Waals surface area contributed by atoms with Crippen molar-refractivity contribution < 1.29 is 0 Å². The Morgan fingerprint density at radius 1 is 1.11 bits per heavy atom. The Morgan fingerprint density at radius 3 is 2.53 bits per heavy atom. The summed E-state index contributed by atoms with van der Waals surface area (Å²) in [4.78, 5) is 0. The second kappa shape index (κ2) is 4.89. The van der Waals surface area contributed by atoms with E-state index < -0.39 is 0 Å². The van der Waals surface area contributed by atoms with Crippen molar-refractivity contribution >= 4 is 15.9 Å². The maximum Gasteiger partial charge on any atom is 0.0326 e. The van der Waals surface area contributed by atoms with Crippen LogP contribution in [0.3, 0.4) is 0 Å². The van der Waals surface area contributed by atoms with Crippen LogP contribution in [0.4, 0.5) is 0 Å². The van der Waals surface area contributed by atoms with Gasteiger partial charge in [-0.3, -0.25) is 0 Å². The summed E-state index contributed by atoms with van der Waals surface area (Å²) >= 11 is 3.69. The molecule has 0 spiro atoms. The number of hydrogen-bond acceptors (Lipinski definition) is 1. The second-order valence-electron chi connectivity index (χ2n) is 6.65. The molecule has 102 valence electrons. The van der Waals surface area contributed by atoms with E-state index >= 15 is 0 Å². The minimum absolute atomic E-state index is 0.604. The number of benzene rings is 1. The zero-order valence-electron chi connectivity index (χ0n) is 11.4. The highest BCUT2D eigenvalue weighted by molar-refractivity contribution is 9.10. The Balaban J connectivity index is 1.43. The van der Waals surface area contributed by atoms with E-state index in [2.05, 4.69) is 39.4 Å². The van der Waals surface area contributed by atoms with Crippen LogP contribution in [0.5, 0.6) is 0 Å². The first-order valence-electron chi connectivity index (χ1n) is 7.83. The molecule has 1 N–H and O–H groups in total. The van der Waals surface area contributed by atoms with Crippen LogP contribution in [-0.2, 0) is 6.42 Å². The molecule has 0 saturated heterocycles. The number of hydrogen-bond donors (Lipinski definition) is 1. The molecular weight excluding hydrogens is 298 g/mol. The molecule has 4 rings (SSSR count). The van der Waals surface area contributed by atoms with Gasteiger partial charge in [-0.1, -0.05) is 28.1 Å². The summed E-state index contributed by atoms with van der Waals surface area (Å²) in [6, 6.07) is 7.28. The van der Waals surface area contributed by atoms with Crippen molar-refractivity contribution in [3.8, 4) is 0 Å². The van der Waals surface area contributed by atoms with E-state index in [0.717, 1.165) is 17.8 Å². The first-order valence-corrected chi connectivity index (χ1v) is 8.63. The van der Waals surface area contributed by atoms with E-state index in [-0.39, 0.29) is 0 Å². The maximum atomic E-state index is 3.89. The molecule has 3 aliphatic carbocycles. The molecule has 0 amide bonds. The van der Waals surface area contributed by atoms with Gasteiger partial charge >= 0.3 is 0 Å². The van der Waals surface area contributed by atoms with Gasteiger partial charge in [-0.25, -0.2) is 0 Å². The highest BCUT2D eigenvalue weighted by Gasteiger charge is 2.41. The molecule has 0 bridgehead atoms. The minimum atomic E-state index is 0.604. The Labute approximate surface area is 124 Å². The van der Waals surface area contributed by atoms with Crippen molar-refractivity contribution in [3.63, 3.8) is 0 Å². The minimum Gasteiger partial charge on any atom is -0.310 e. The summed E-state index contributed by atoms with van der Waals surface area (Å²) in [5, 5.41) is 3.89. The van der Waals surface area contributed by atoms with E-state index in [1.54, 1.807) is 5.56 Å². The Kier molecular flexibility index (Phi) is 3.19. The fourth-order valence-electron chi connectivity index (χ4n) is 3.87. The molecule has 2 saturated carbocycles. The molecule has 19 heavy (non-hydrogen) atoms. The SMILES string of the molecule is Brc1cccc2c1CCC2NCC(C1CC1)C1CC1. The summed E-state index contributed by atoms with van der Waals surface area (Å²) in [6.45, 7) is 1.26. The number of halogens is 1. The van der Waals surface area contributed by atoms with Crippen LogP contribution in [0, 0.1) is 17.8 Å². The lowest BCUT2D eigenvalue weighted by molar-refractivity contribution is 0.355. The third-order valence-electron chi connectivity index (χ3n) is 5.27. The van der Waals surface area contributed by atoms with Gasteiger partial charge in [0.2, 0.25) is 0 Å². The lowest BCUT2D eigenvalue weighted by atomic mass is 9.97. The first-order chi connectivity index (χ1) is 9.33. The maximum absolute atomic E-state index is 3.89. The molecule has 0 radical (unpaired) electrons. The average Bonchev–Trinajstić information content (AvgIpc) is 3.30. The van der Waals surface area contributed by atoms with Crippen molar-refractivity contribution in [1.29, 1.82) is 0 Å². The molecule has 2 heteroatoms. The largest absolute Gasteiger partial charge is 0.310 e. The van der Waals surface area contributed by atoms with Crippen molar-refractivity contribution in [2.45, 2.75) is 44.6 Å². The van der Waals surface area contributed by atoms with Gasteiger partial charge in [-0.2, -0.15) is 0 Å². The van der Waals surface area contributed by atoms with Crippen LogP contribution in [0.2, 0.25) is 0 Å². The molecule has 0 aromatic heterocycles. The van der Waals surface area contributed by atoms with Gasteiger partial charge < -0.3 is 5.32 Å². The molecule has 1 aromatic rings. The van der Waals surface area contributed by atoms with Crippen molar-refractivity contribution in [1.82, 2.24) is 5.32 Å². The highest BCUT2D eigenvalue weighted by Crippen LogP contribution is 2.49. The number of nitrogens with one attached hydrogen (secondary N) is 1. The van der Waals surface area contributed by atoms with Crippen molar-refractivity contribution in [2.75, 3.05) is 6.54 Å². The number of fused-ring (bicyclic) bond motifs is 1. The second-order valence-corrected chi connectivity index (χ2v) is 7.50. The van der Waals surface area contributed by atoms with Crippen LogP contribution in [0.15, 0.2) is 22.7 Å². The van der Waals surface area contributed by atoms with E-state index in [0.29, 0.717) is 6.04 Å². The van der Waals surface area contributed by atoms with Crippen LogP contribution in [0.1, 0.15) is 49.3 Å². The smallest absolute Gasteiger partial charge is 0.0326 e. The summed E-state index contributed by atoms with van der Waals surface area (Å²) < 4.78 is 1.30. The van der Waals surface area contributed by atoms with E-state index in [4.69, 9.17) is 0 Å². The lowest BCUT2D eigenvalue weighted by Gasteiger charge is -2.20. The standard InChI is InChI=1S/C17H22BrN/c18-16-3-1-2-14-13(16)8-9-17(14)19-10-15(11-4-5-11)12-6-7-12/h1-3,11-12,15,17,19H,4-10H2. The van der Waals surface area contributed by atoms with Crippen molar-refractivity contribution in [2.24, 2.45) is 17.8 Å². The Morgan fingerprint density at radius 2 is 1.84 bits per heavy atom. The van der Waals surface area contributed by atoms with E-state index in [1.807, 2.05) is 0 Å². The third-order valence-corrected chi connectivity index (χ3v) is 6.01. The average molecular weight is 320 g/mol. The van der Waals surface area contributed by atoms with Gasteiger partial charge in [-0.15, -0.1) is 0 Å².